The van der Waals surface area contributed by atoms with Gasteiger partial charge in [-0.05, 0) is 26.0 Å². The lowest BCUT2D eigenvalue weighted by molar-refractivity contribution is -0.141. The maximum absolute atomic E-state index is 12.5. The van der Waals surface area contributed by atoms with Gasteiger partial charge in [-0.2, -0.15) is 0 Å². The molecule has 0 aliphatic rings. The van der Waals surface area contributed by atoms with E-state index in [2.05, 4.69) is 9.72 Å². The van der Waals surface area contributed by atoms with Crippen molar-refractivity contribution >= 4 is 23.2 Å². The molecule has 21 heavy (non-hydrogen) atoms. The Morgan fingerprint density at radius 3 is 2.81 bits per heavy atom. The van der Waals surface area contributed by atoms with Crippen LogP contribution in [0.5, 0.6) is 0 Å². The first kappa shape index (κ1) is 15.2. The van der Waals surface area contributed by atoms with E-state index in [-0.39, 0.29) is 12.5 Å². The quantitative estimate of drug-likeness (QED) is 0.793. The van der Waals surface area contributed by atoms with Crippen LogP contribution >= 0.6 is 11.3 Å². The van der Waals surface area contributed by atoms with Gasteiger partial charge in [-0.15, -0.1) is 11.3 Å². The Labute approximate surface area is 126 Å². The summed E-state index contributed by atoms with van der Waals surface area (Å²) in [5.41, 5.74) is 0.345. The number of methoxy groups -OCH3 is 1. The SMILES string of the molecule is CCN(CC(=O)OC)C(=O)c1nc(-c2ccco2)sc1C. The third-order valence-corrected chi connectivity index (χ3v) is 3.93. The number of carbonyl (C=O) groups excluding carboxylic acids is 2. The zero-order valence-electron chi connectivity index (χ0n) is 12.1. The minimum absolute atomic E-state index is 0.0844. The first-order chi connectivity index (χ1) is 10.1. The monoisotopic (exact) mass is 308 g/mol. The highest BCUT2D eigenvalue weighted by molar-refractivity contribution is 7.15. The topological polar surface area (TPSA) is 72.6 Å². The molecule has 112 valence electrons. The summed E-state index contributed by atoms with van der Waals surface area (Å²) in [6.45, 7) is 3.94. The van der Waals surface area contributed by atoms with Crippen LogP contribution in [0.25, 0.3) is 10.8 Å². The number of hydrogen-bond acceptors (Lipinski definition) is 6. The number of furan rings is 1. The van der Waals surface area contributed by atoms with Crippen molar-refractivity contribution in [2.75, 3.05) is 20.2 Å². The maximum Gasteiger partial charge on any atom is 0.325 e. The van der Waals surface area contributed by atoms with Crippen LogP contribution in [0.2, 0.25) is 0 Å². The molecule has 0 aliphatic carbocycles. The van der Waals surface area contributed by atoms with Crippen LogP contribution in [-0.4, -0.2) is 42.0 Å². The van der Waals surface area contributed by atoms with Crippen LogP contribution < -0.4 is 0 Å². The van der Waals surface area contributed by atoms with Gasteiger partial charge in [0.2, 0.25) is 0 Å². The molecule has 0 N–H and O–H groups in total. The fourth-order valence-electron chi connectivity index (χ4n) is 1.80. The highest BCUT2D eigenvalue weighted by Gasteiger charge is 2.23. The summed E-state index contributed by atoms with van der Waals surface area (Å²) >= 11 is 1.38. The van der Waals surface area contributed by atoms with Crippen molar-refractivity contribution in [3.63, 3.8) is 0 Å². The predicted molar refractivity (Wildman–Crippen MR) is 78.1 cm³/mol. The predicted octanol–water partition coefficient (Wildman–Crippen LogP) is 2.35. The van der Waals surface area contributed by atoms with Crippen LogP contribution in [-0.2, 0) is 9.53 Å². The molecule has 0 atom stereocenters. The van der Waals surface area contributed by atoms with Crippen molar-refractivity contribution in [2.45, 2.75) is 13.8 Å². The van der Waals surface area contributed by atoms with E-state index in [1.165, 1.54) is 23.3 Å². The minimum Gasteiger partial charge on any atom is -0.468 e. The molecule has 0 unspecified atom stereocenters. The number of carbonyl (C=O) groups is 2. The van der Waals surface area contributed by atoms with Gasteiger partial charge < -0.3 is 14.1 Å². The number of rotatable bonds is 5. The second kappa shape index (κ2) is 6.53. The van der Waals surface area contributed by atoms with Crippen molar-refractivity contribution in [3.05, 3.63) is 29.0 Å². The van der Waals surface area contributed by atoms with Crippen molar-refractivity contribution in [1.29, 1.82) is 0 Å². The normalized spacial score (nSPS) is 10.4. The molecule has 0 aliphatic heterocycles. The van der Waals surface area contributed by atoms with Crippen LogP contribution in [0, 0.1) is 6.92 Å². The van der Waals surface area contributed by atoms with Gasteiger partial charge in [-0.25, -0.2) is 4.98 Å². The Morgan fingerprint density at radius 1 is 1.48 bits per heavy atom. The largest absolute Gasteiger partial charge is 0.468 e. The van der Waals surface area contributed by atoms with Crippen molar-refractivity contribution in [3.8, 4) is 10.8 Å². The van der Waals surface area contributed by atoms with Crippen LogP contribution in [0.1, 0.15) is 22.3 Å². The number of thiazole rings is 1. The molecule has 2 heterocycles. The average molecular weight is 308 g/mol. The number of ether oxygens (including phenoxy) is 1. The highest BCUT2D eigenvalue weighted by Crippen LogP contribution is 2.28. The van der Waals surface area contributed by atoms with E-state index in [9.17, 15) is 9.59 Å². The number of likely N-dealkylation sites (N-methyl/N-ethyl adjacent to an activating group) is 1. The summed E-state index contributed by atoms with van der Waals surface area (Å²) < 4.78 is 9.88. The summed E-state index contributed by atoms with van der Waals surface area (Å²) in [7, 11) is 1.30. The van der Waals surface area contributed by atoms with Gasteiger partial charge in [0.1, 0.15) is 12.2 Å². The second-order valence-corrected chi connectivity index (χ2v) is 5.50. The molecule has 0 saturated carbocycles. The Balaban J connectivity index is 2.24. The van der Waals surface area contributed by atoms with E-state index in [1.54, 1.807) is 25.3 Å². The molecule has 0 bridgehead atoms. The summed E-state index contributed by atoms with van der Waals surface area (Å²) in [5, 5.41) is 0.648. The lowest BCUT2D eigenvalue weighted by Gasteiger charge is -2.18. The summed E-state index contributed by atoms with van der Waals surface area (Å²) in [6, 6.07) is 3.56. The molecule has 0 fully saturated rings. The van der Waals surface area contributed by atoms with Crippen LogP contribution in [0.15, 0.2) is 22.8 Å². The van der Waals surface area contributed by atoms with E-state index in [0.29, 0.717) is 23.0 Å². The maximum atomic E-state index is 12.5. The molecule has 2 aromatic rings. The third kappa shape index (κ3) is 3.30. The van der Waals surface area contributed by atoms with E-state index in [1.807, 2.05) is 6.92 Å². The van der Waals surface area contributed by atoms with Gasteiger partial charge in [-0.3, -0.25) is 9.59 Å². The summed E-state index contributed by atoms with van der Waals surface area (Å²) in [5.74, 6) is -0.114. The van der Waals surface area contributed by atoms with Crippen molar-refractivity contribution in [1.82, 2.24) is 9.88 Å². The first-order valence-electron chi connectivity index (χ1n) is 6.44. The molecule has 0 radical (unpaired) electrons. The molecule has 1 amide bonds. The minimum atomic E-state index is -0.454. The first-order valence-corrected chi connectivity index (χ1v) is 7.25. The highest BCUT2D eigenvalue weighted by atomic mass is 32.1. The number of amides is 1. The van der Waals surface area contributed by atoms with Gasteiger partial charge in [0.05, 0.1) is 13.4 Å². The molecule has 7 heteroatoms. The van der Waals surface area contributed by atoms with Crippen LogP contribution in [0.4, 0.5) is 0 Å². The smallest absolute Gasteiger partial charge is 0.325 e. The number of hydrogen-bond donors (Lipinski definition) is 0. The summed E-state index contributed by atoms with van der Waals surface area (Å²) in [4.78, 5) is 30.3. The van der Waals surface area contributed by atoms with E-state index < -0.39 is 5.97 Å². The Hall–Kier alpha value is -2.15. The standard InChI is InChI=1S/C14H16N2O4S/c1-4-16(8-11(17)19-3)14(18)12-9(2)21-13(15-12)10-6-5-7-20-10/h5-7H,4,8H2,1-3H3. The van der Waals surface area contributed by atoms with Gasteiger partial charge in [0, 0.05) is 11.4 Å². The Morgan fingerprint density at radius 2 is 2.24 bits per heavy atom. The van der Waals surface area contributed by atoms with Gasteiger partial charge in [-0.1, -0.05) is 0 Å². The van der Waals surface area contributed by atoms with Crippen LogP contribution in [0.3, 0.4) is 0 Å². The lowest BCUT2D eigenvalue weighted by Crippen LogP contribution is -2.36. The van der Waals surface area contributed by atoms with Gasteiger partial charge >= 0.3 is 5.97 Å². The number of aromatic nitrogens is 1. The van der Waals surface area contributed by atoms with Gasteiger partial charge in [0.15, 0.2) is 10.8 Å². The summed E-state index contributed by atoms with van der Waals surface area (Å²) in [6.07, 6.45) is 1.56. The number of aryl methyl sites for hydroxylation is 1. The molecule has 0 spiro atoms. The molecule has 2 rings (SSSR count). The molecule has 6 nitrogen and oxygen atoms in total. The molecule has 0 saturated heterocycles. The third-order valence-electron chi connectivity index (χ3n) is 2.95. The fourth-order valence-corrected chi connectivity index (χ4v) is 2.67. The van der Waals surface area contributed by atoms with E-state index in [4.69, 9.17) is 4.42 Å². The Bertz CT molecular complexity index is 633. The molecule has 0 aromatic carbocycles. The zero-order valence-corrected chi connectivity index (χ0v) is 12.9. The van der Waals surface area contributed by atoms with Crippen molar-refractivity contribution < 1.29 is 18.7 Å². The second-order valence-electron chi connectivity index (χ2n) is 4.30. The van der Waals surface area contributed by atoms with E-state index >= 15 is 0 Å². The zero-order chi connectivity index (χ0) is 15.4. The number of esters is 1. The van der Waals surface area contributed by atoms with Gasteiger partial charge in [0.25, 0.3) is 5.91 Å². The lowest BCUT2D eigenvalue weighted by atomic mass is 10.3. The molecular formula is C14H16N2O4S. The van der Waals surface area contributed by atoms with E-state index in [0.717, 1.165) is 4.88 Å². The fraction of sp³-hybridized carbons (Fsp3) is 0.357. The Kier molecular flexibility index (Phi) is 4.74. The average Bonchev–Trinajstić information content (AvgIpc) is 3.12. The van der Waals surface area contributed by atoms with Crippen molar-refractivity contribution in [2.24, 2.45) is 0 Å². The molecule has 2 aromatic heterocycles. The molecular weight excluding hydrogens is 292 g/mol. The number of nitrogens with zero attached hydrogens (tertiary/aromatic N) is 2.